The van der Waals surface area contributed by atoms with Crippen LogP contribution in [-0.4, -0.2) is 32.1 Å². The molecule has 0 radical (unpaired) electrons. The van der Waals surface area contributed by atoms with Crippen LogP contribution in [0, 0.1) is 0 Å². The van der Waals surface area contributed by atoms with Gasteiger partial charge in [0, 0.05) is 21.9 Å². The first-order valence-electron chi connectivity index (χ1n) is 12.1. The van der Waals surface area contributed by atoms with Gasteiger partial charge in [0.05, 0.1) is 33.5 Å². The fourth-order valence-corrected chi connectivity index (χ4v) is 4.52. The quantitative estimate of drug-likeness (QED) is 0.241. The summed E-state index contributed by atoms with van der Waals surface area (Å²) in [7, 11) is 0. The van der Waals surface area contributed by atoms with Gasteiger partial charge in [-0.15, -0.1) is 0 Å². The first-order chi connectivity index (χ1) is 19.0. The minimum Gasteiger partial charge on any atom is -0.478 e. The Morgan fingerprint density at radius 2 is 0.923 bits per heavy atom. The van der Waals surface area contributed by atoms with Crippen LogP contribution < -0.4 is 4.74 Å². The van der Waals surface area contributed by atoms with Crippen LogP contribution in [0.1, 0.15) is 20.7 Å². The van der Waals surface area contributed by atoms with Gasteiger partial charge < -0.3 is 14.9 Å². The minimum absolute atomic E-state index is 0.201. The second-order valence-electron chi connectivity index (χ2n) is 8.91. The average Bonchev–Trinajstić information content (AvgIpc) is 2.96. The summed E-state index contributed by atoms with van der Waals surface area (Å²) in [6, 6.07) is 32.0. The number of pyridine rings is 2. The summed E-state index contributed by atoms with van der Waals surface area (Å²) in [4.78, 5) is 32.9. The SMILES string of the molecule is O=C(O)c1cc(-c2ccc(Oc3ccc(-c4cc(C(=O)O)c5ccccc5n4)cc3)cc2)nc2ccccc12. The van der Waals surface area contributed by atoms with Crippen LogP contribution in [0.3, 0.4) is 0 Å². The number of carboxylic acids is 2. The molecule has 6 rings (SSSR count). The molecular weight excluding hydrogens is 492 g/mol. The van der Waals surface area contributed by atoms with Gasteiger partial charge in [0.2, 0.25) is 0 Å². The molecule has 7 nitrogen and oxygen atoms in total. The van der Waals surface area contributed by atoms with Gasteiger partial charge in [0.1, 0.15) is 11.5 Å². The summed E-state index contributed by atoms with van der Waals surface area (Å²) in [5, 5.41) is 20.5. The van der Waals surface area contributed by atoms with E-state index in [0.29, 0.717) is 44.7 Å². The number of benzene rings is 4. The normalized spacial score (nSPS) is 11.0. The number of para-hydroxylation sites is 2. The highest BCUT2D eigenvalue weighted by Gasteiger charge is 2.14. The van der Waals surface area contributed by atoms with E-state index in [1.807, 2.05) is 36.4 Å². The maximum atomic E-state index is 11.8. The Hall–Kier alpha value is -5.56. The summed E-state index contributed by atoms with van der Waals surface area (Å²) in [6.07, 6.45) is 0. The molecule has 2 aromatic heterocycles. The zero-order chi connectivity index (χ0) is 26.9. The van der Waals surface area contributed by atoms with Gasteiger partial charge in [-0.05, 0) is 72.8 Å². The molecule has 188 valence electrons. The number of hydrogen-bond acceptors (Lipinski definition) is 5. The number of fused-ring (bicyclic) bond motifs is 2. The van der Waals surface area contributed by atoms with E-state index in [1.165, 1.54) is 0 Å². The van der Waals surface area contributed by atoms with Crippen LogP contribution in [0.2, 0.25) is 0 Å². The molecule has 0 aliphatic carbocycles. The van der Waals surface area contributed by atoms with Crippen molar-refractivity contribution in [3.8, 4) is 34.0 Å². The van der Waals surface area contributed by atoms with Crippen LogP contribution >= 0.6 is 0 Å². The van der Waals surface area contributed by atoms with E-state index >= 15 is 0 Å². The van der Waals surface area contributed by atoms with Crippen molar-refractivity contribution in [3.63, 3.8) is 0 Å². The highest BCUT2D eigenvalue weighted by atomic mass is 16.5. The number of carboxylic acid groups (broad SMARTS) is 2. The predicted molar refractivity (Wildman–Crippen MR) is 148 cm³/mol. The van der Waals surface area contributed by atoms with E-state index in [9.17, 15) is 19.8 Å². The topological polar surface area (TPSA) is 110 Å². The molecule has 0 aliphatic rings. The molecule has 0 bridgehead atoms. The van der Waals surface area contributed by atoms with E-state index in [1.54, 1.807) is 72.8 Å². The smallest absolute Gasteiger partial charge is 0.336 e. The van der Waals surface area contributed by atoms with Gasteiger partial charge in [-0.3, -0.25) is 0 Å². The van der Waals surface area contributed by atoms with Crippen molar-refractivity contribution < 1.29 is 24.5 Å². The fraction of sp³-hybridized carbons (Fsp3) is 0. The van der Waals surface area contributed by atoms with E-state index in [0.717, 1.165) is 11.1 Å². The van der Waals surface area contributed by atoms with Gasteiger partial charge in [-0.2, -0.15) is 0 Å². The first-order valence-corrected chi connectivity index (χ1v) is 12.1. The summed E-state index contributed by atoms with van der Waals surface area (Å²) in [5.74, 6) is -0.807. The second-order valence-corrected chi connectivity index (χ2v) is 8.91. The maximum absolute atomic E-state index is 11.8. The molecule has 0 atom stereocenters. The van der Waals surface area contributed by atoms with Crippen LogP contribution in [0.5, 0.6) is 11.5 Å². The number of carbonyl (C=O) groups is 2. The Balaban J connectivity index is 1.24. The van der Waals surface area contributed by atoms with Crippen molar-refractivity contribution in [3.05, 3.63) is 120 Å². The van der Waals surface area contributed by atoms with Crippen LogP contribution in [0.15, 0.2) is 109 Å². The number of aromatic nitrogens is 2. The Labute approximate surface area is 222 Å². The standard InChI is InChI=1S/C32H20N2O5/c35-31(36)25-17-29(33-27-7-3-1-5-23(25)27)19-9-13-21(14-10-19)39-22-15-11-20(12-16-22)30-18-26(32(37)38)24-6-2-4-8-28(24)34-30/h1-18H,(H,35,36)(H,37,38). The molecule has 0 aliphatic heterocycles. The molecule has 0 spiro atoms. The number of ether oxygens (including phenoxy) is 1. The number of aromatic carboxylic acids is 2. The number of hydrogen-bond donors (Lipinski definition) is 2. The van der Waals surface area contributed by atoms with Gasteiger partial charge in [0.25, 0.3) is 0 Å². The van der Waals surface area contributed by atoms with E-state index in [-0.39, 0.29) is 11.1 Å². The van der Waals surface area contributed by atoms with Crippen molar-refractivity contribution in [1.82, 2.24) is 9.97 Å². The minimum atomic E-state index is -1.00. The molecular formula is C32H20N2O5. The third-order valence-electron chi connectivity index (χ3n) is 6.43. The predicted octanol–water partition coefficient (Wildman–Crippen LogP) is 7.31. The molecule has 2 N–H and O–H groups in total. The molecule has 0 unspecified atom stereocenters. The van der Waals surface area contributed by atoms with Crippen molar-refractivity contribution in [2.24, 2.45) is 0 Å². The van der Waals surface area contributed by atoms with Crippen LogP contribution in [0.4, 0.5) is 0 Å². The largest absolute Gasteiger partial charge is 0.478 e. The first kappa shape index (κ1) is 23.8. The Morgan fingerprint density at radius 1 is 0.538 bits per heavy atom. The van der Waals surface area contributed by atoms with Gasteiger partial charge in [-0.1, -0.05) is 36.4 Å². The Bertz CT molecular complexity index is 1740. The lowest BCUT2D eigenvalue weighted by molar-refractivity contribution is 0.0688. The second kappa shape index (κ2) is 9.72. The van der Waals surface area contributed by atoms with Crippen molar-refractivity contribution in [1.29, 1.82) is 0 Å². The lowest BCUT2D eigenvalue weighted by Crippen LogP contribution is -2.00. The summed E-state index contributed by atoms with van der Waals surface area (Å²) < 4.78 is 6.00. The lowest BCUT2D eigenvalue weighted by Gasteiger charge is -2.10. The van der Waals surface area contributed by atoms with Crippen LogP contribution in [-0.2, 0) is 0 Å². The molecule has 0 saturated heterocycles. The molecule has 0 saturated carbocycles. The van der Waals surface area contributed by atoms with Gasteiger partial charge in [0.15, 0.2) is 0 Å². The Kier molecular flexibility index (Phi) is 5.93. The van der Waals surface area contributed by atoms with E-state index in [2.05, 4.69) is 9.97 Å². The lowest BCUT2D eigenvalue weighted by atomic mass is 10.0. The van der Waals surface area contributed by atoms with E-state index in [4.69, 9.17) is 4.74 Å². The maximum Gasteiger partial charge on any atom is 0.336 e. The zero-order valence-electron chi connectivity index (χ0n) is 20.4. The molecule has 4 aromatic carbocycles. The molecule has 0 amide bonds. The molecule has 6 aromatic rings. The summed E-state index contributed by atoms with van der Waals surface area (Å²) in [6.45, 7) is 0. The highest BCUT2D eigenvalue weighted by Crippen LogP contribution is 2.30. The zero-order valence-corrected chi connectivity index (χ0v) is 20.4. The molecule has 2 heterocycles. The fourth-order valence-electron chi connectivity index (χ4n) is 4.52. The third-order valence-corrected chi connectivity index (χ3v) is 6.43. The van der Waals surface area contributed by atoms with Crippen molar-refractivity contribution in [2.45, 2.75) is 0 Å². The summed E-state index contributed by atoms with van der Waals surface area (Å²) >= 11 is 0. The number of nitrogens with zero attached hydrogens (tertiary/aromatic N) is 2. The van der Waals surface area contributed by atoms with Gasteiger partial charge >= 0.3 is 11.9 Å². The monoisotopic (exact) mass is 512 g/mol. The van der Waals surface area contributed by atoms with E-state index < -0.39 is 11.9 Å². The molecule has 0 fully saturated rings. The third kappa shape index (κ3) is 4.65. The average molecular weight is 513 g/mol. The van der Waals surface area contributed by atoms with Crippen molar-refractivity contribution >= 4 is 33.7 Å². The molecule has 39 heavy (non-hydrogen) atoms. The summed E-state index contributed by atoms with van der Waals surface area (Å²) in [5.41, 5.74) is 4.29. The molecule has 7 heteroatoms. The number of rotatable bonds is 6. The van der Waals surface area contributed by atoms with Crippen molar-refractivity contribution in [2.75, 3.05) is 0 Å². The Morgan fingerprint density at radius 3 is 1.31 bits per heavy atom. The highest BCUT2D eigenvalue weighted by molar-refractivity contribution is 6.04. The van der Waals surface area contributed by atoms with Gasteiger partial charge in [-0.25, -0.2) is 19.6 Å². The van der Waals surface area contributed by atoms with Crippen LogP contribution in [0.25, 0.3) is 44.3 Å².